The Bertz CT molecular complexity index is 697. The molecule has 1 aliphatic carbocycles. The van der Waals surface area contributed by atoms with Crippen molar-refractivity contribution in [1.82, 2.24) is 15.0 Å². The van der Waals surface area contributed by atoms with Crippen LogP contribution in [0.3, 0.4) is 0 Å². The van der Waals surface area contributed by atoms with Crippen LogP contribution in [0.5, 0.6) is 0 Å². The summed E-state index contributed by atoms with van der Waals surface area (Å²) < 4.78 is 0. The molecular formula is C13H11Cl2N3OS. The molecule has 7 heteroatoms. The minimum atomic E-state index is -0.0293. The number of aromatic nitrogens is 3. The van der Waals surface area contributed by atoms with Gasteiger partial charge in [-0.15, -0.1) is 0 Å². The second-order valence-corrected chi connectivity index (χ2v) is 6.23. The van der Waals surface area contributed by atoms with E-state index in [0.717, 1.165) is 36.1 Å². The number of hydrogen-bond acceptors (Lipinski definition) is 4. The van der Waals surface area contributed by atoms with Crippen LogP contribution in [-0.2, 0) is 18.6 Å². The van der Waals surface area contributed by atoms with E-state index >= 15 is 0 Å². The first-order valence-corrected chi connectivity index (χ1v) is 7.93. The lowest BCUT2D eigenvalue weighted by Crippen LogP contribution is -2.14. The van der Waals surface area contributed by atoms with Crippen LogP contribution < -0.4 is 5.56 Å². The Balaban J connectivity index is 1.83. The molecule has 0 aromatic carbocycles. The zero-order valence-corrected chi connectivity index (χ0v) is 12.8. The topological polar surface area (TPSA) is 58.6 Å². The highest BCUT2D eigenvalue weighted by molar-refractivity contribution is 7.98. The number of aryl methyl sites for hydroxylation is 1. The van der Waals surface area contributed by atoms with Crippen molar-refractivity contribution in [2.45, 2.75) is 30.2 Å². The second kappa shape index (κ2) is 5.76. The molecule has 0 unspecified atom stereocenters. The van der Waals surface area contributed by atoms with Crippen molar-refractivity contribution in [3.8, 4) is 0 Å². The van der Waals surface area contributed by atoms with Gasteiger partial charge in [-0.1, -0.05) is 35.0 Å². The molecule has 20 heavy (non-hydrogen) atoms. The number of aromatic amines is 1. The molecule has 0 bridgehead atoms. The van der Waals surface area contributed by atoms with E-state index in [1.165, 1.54) is 11.8 Å². The molecule has 2 aromatic rings. The van der Waals surface area contributed by atoms with E-state index in [2.05, 4.69) is 15.0 Å². The molecule has 4 nitrogen and oxygen atoms in total. The van der Waals surface area contributed by atoms with Crippen molar-refractivity contribution in [3.05, 3.63) is 49.6 Å². The number of H-pyrrole nitrogens is 1. The fourth-order valence-electron chi connectivity index (χ4n) is 2.20. The van der Waals surface area contributed by atoms with E-state index in [-0.39, 0.29) is 5.56 Å². The zero-order valence-electron chi connectivity index (χ0n) is 10.4. The summed E-state index contributed by atoms with van der Waals surface area (Å²) in [5, 5.41) is 1.56. The van der Waals surface area contributed by atoms with Crippen molar-refractivity contribution < 1.29 is 0 Å². The Kier molecular flexibility index (Phi) is 4.01. The SMILES string of the molecule is O=c1[nH]c(SCc2c(Cl)ccnc2Cl)nc2c1CCC2. The average Bonchev–Trinajstić information content (AvgIpc) is 2.87. The number of fused-ring (bicyclic) bond motifs is 1. The van der Waals surface area contributed by atoms with Gasteiger partial charge in [-0.2, -0.15) is 0 Å². The molecule has 2 aromatic heterocycles. The van der Waals surface area contributed by atoms with Gasteiger partial charge in [0.25, 0.3) is 5.56 Å². The van der Waals surface area contributed by atoms with E-state index in [4.69, 9.17) is 23.2 Å². The molecule has 0 atom stereocenters. The van der Waals surface area contributed by atoms with Gasteiger partial charge in [-0.05, 0) is 25.3 Å². The Hall–Kier alpha value is -1.04. The molecule has 1 N–H and O–H groups in total. The molecule has 0 saturated heterocycles. The van der Waals surface area contributed by atoms with Gasteiger partial charge in [0.05, 0.1) is 5.69 Å². The minimum Gasteiger partial charge on any atom is -0.301 e. The van der Waals surface area contributed by atoms with Crippen LogP contribution in [0, 0.1) is 0 Å². The standard InChI is InChI=1S/C13H11Cl2N3OS/c14-9-4-5-16-11(15)8(9)6-20-13-17-10-3-1-2-7(10)12(19)18-13/h4-5H,1-3,6H2,(H,17,18,19). The molecule has 104 valence electrons. The summed E-state index contributed by atoms with van der Waals surface area (Å²) >= 11 is 13.5. The lowest BCUT2D eigenvalue weighted by molar-refractivity contribution is 0.869. The van der Waals surface area contributed by atoms with Crippen LogP contribution in [0.2, 0.25) is 10.2 Å². The van der Waals surface area contributed by atoms with Gasteiger partial charge < -0.3 is 4.98 Å². The smallest absolute Gasteiger partial charge is 0.254 e. The van der Waals surface area contributed by atoms with E-state index in [0.29, 0.717) is 21.1 Å². The van der Waals surface area contributed by atoms with Gasteiger partial charge in [0.1, 0.15) is 5.15 Å². The van der Waals surface area contributed by atoms with Gasteiger partial charge in [0, 0.05) is 28.1 Å². The summed E-state index contributed by atoms with van der Waals surface area (Å²) in [6.45, 7) is 0. The summed E-state index contributed by atoms with van der Waals surface area (Å²) in [4.78, 5) is 23.2. The van der Waals surface area contributed by atoms with Crippen molar-refractivity contribution in [2.24, 2.45) is 0 Å². The molecule has 3 rings (SSSR count). The van der Waals surface area contributed by atoms with Crippen molar-refractivity contribution >= 4 is 35.0 Å². The van der Waals surface area contributed by atoms with E-state index < -0.39 is 0 Å². The highest BCUT2D eigenvalue weighted by Crippen LogP contribution is 2.29. The number of thioether (sulfide) groups is 1. The van der Waals surface area contributed by atoms with Crippen LogP contribution in [0.1, 0.15) is 23.2 Å². The van der Waals surface area contributed by atoms with Crippen molar-refractivity contribution in [2.75, 3.05) is 0 Å². The van der Waals surface area contributed by atoms with Crippen LogP contribution in [0.25, 0.3) is 0 Å². The number of pyridine rings is 1. The van der Waals surface area contributed by atoms with Gasteiger partial charge in [-0.3, -0.25) is 4.79 Å². The average molecular weight is 328 g/mol. The largest absolute Gasteiger partial charge is 0.301 e. The molecule has 0 spiro atoms. The Morgan fingerprint density at radius 1 is 1.35 bits per heavy atom. The maximum atomic E-state index is 11.9. The predicted octanol–water partition coefficient (Wildman–Crippen LogP) is 3.25. The molecular weight excluding hydrogens is 317 g/mol. The molecule has 2 heterocycles. The summed E-state index contributed by atoms with van der Waals surface area (Å²) in [6, 6.07) is 1.70. The molecule has 0 aliphatic heterocycles. The third-order valence-corrected chi connectivity index (χ3v) is 4.80. The first-order chi connectivity index (χ1) is 9.65. The second-order valence-electron chi connectivity index (χ2n) is 4.50. The third kappa shape index (κ3) is 2.71. The Labute approximate surface area is 129 Å². The third-order valence-electron chi connectivity index (χ3n) is 3.22. The summed E-state index contributed by atoms with van der Waals surface area (Å²) in [5.74, 6) is 0.521. The van der Waals surface area contributed by atoms with Crippen LogP contribution >= 0.6 is 35.0 Å². The van der Waals surface area contributed by atoms with Gasteiger partial charge >= 0.3 is 0 Å². The molecule has 0 fully saturated rings. The number of nitrogens with one attached hydrogen (secondary N) is 1. The van der Waals surface area contributed by atoms with Crippen molar-refractivity contribution in [1.29, 1.82) is 0 Å². The highest BCUT2D eigenvalue weighted by Gasteiger charge is 2.17. The van der Waals surface area contributed by atoms with Gasteiger partial charge in [0.15, 0.2) is 5.16 Å². The Morgan fingerprint density at radius 2 is 2.20 bits per heavy atom. The molecule has 0 radical (unpaired) electrons. The van der Waals surface area contributed by atoms with E-state index in [1.54, 1.807) is 12.3 Å². The normalized spacial score (nSPS) is 13.5. The predicted molar refractivity (Wildman–Crippen MR) is 80.7 cm³/mol. The highest BCUT2D eigenvalue weighted by atomic mass is 35.5. The maximum Gasteiger partial charge on any atom is 0.254 e. The quantitative estimate of drug-likeness (QED) is 0.534. The first-order valence-electron chi connectivity index (χ1n) is 6.19. The summed E-state index contributed by atoms with van der Waals surface area (Å²) in [7, 11) is 0. The zero-order chi connectivity index (χ0) is 14.1. The monoisotopic (exact) mass is 327 g/mol. The fourth-order valence-corrected chi connectivity index (χ4v) is 3.76. The summed E-state index contributed by atoms with van der Waals surface area (Å²) in [6.07, 6.45) is 4.26. The first kappa shape index (κ1) is 13.9. The van der Waals surface area contributed by atoms with Crippen LogP contribution in [0.4, 0.5) is 0 Å². The van der Waals surface area contributed by atoms with E-state index in [9.17, 15) is 4.79 Å². The van der Waals surface area contributed by atoms with Gasteiger partial charge in [-0.25, -0.2) is 9.97 Å². The molecule has 0 saturated carbocycles. The summed E-state index contributed by atoms with van der Waals surface area (Å²) in [5.41, 5.74) is 2.47. The lowest BCUT2D eigenvalue weighted by atomic mass is 10.3. The maximum absolute atomic E-state index is 11.9. The fraction of sp³-hybridized carbons (Fsp3) is 0.308. The number of nitrogens with zero attached hydrogens (tertiary/aromatic N) is 2. The molecule has 0 amide bonds. The number of rotatable bonds is 3. The molecule has 1 aliphatic rings. The van der Waals surface area contributed by atoms with Crippen molar-refractivity contribution in [3.63, 3.8) is 0 Å². The van der Waals surface area contributed by atoms with Crippen LogP contribution in [0.15, 0.2) is 22.2 Å². The van der Waals surface area contributed by atoms with Gasteiger partial charge in [0.2, 0.25) is 0 Å². The van der Waals surface area contributed by atoms with Crippen LogP contribution in [-0.4, -0.2) is 15.0 Å². The number of halogens is 2. The lowest BCUT2D eigenvalue weighted by Gasteiger charge is -2.06. The Morgan fingerprint density at radius 3 is 3.00 bits per heavy atom. The minimum absolute atomic E-state index is 0.0293. The number of hydrogen-bond donors (Lipinski definition) is 1. The van der Waals surface area contributed by atoms with E-state index in [1.807, 2.05) is 0 Å².